The Morgan fingerprint density at radius 1 is 0.327 bits per heavy atom. The second-order valence-corrected chi connectivity index (χ2v) is 22.9. The summed E-state index contributed by atoms with van der Waals surface area (Å²) in [6.45, 7) is 6.62. The molecular weight excluding hydrogens is 1240 g/mol. The van der Waals surface area contributed by atoms with Crippen molar-refractivity contribution < 1.29 is 18.9 Å². The normalized spacial score (nSPS) is 10.8. The lowest BCUT2D eigenvalue weighted by Gasteiger charge is -2.09. The van der Waals surface area contributed by atoms with E-state index in [0.29, 0.717) is 68.5 Å². The van der Waals surface area contributed by atoms with Gasteiger partial charge in [-0.2, -0.15) is 5.26 Å². The van der Waals surface area contributed by atoms with Gasteiger partial charge in [0.25, 0.3) is 0 Å². The highest BCUT2D eigenvalue weighted by Gasteiger charge is 2.18. The van der Waals surface area contributed by atoms with Crippen LogP contribution in [-0.2, 0) is 0 Å². The van der Waals surface area contributed by atoms with E-state index in [1.165, 1.54) is 12.1 Å². The molecule has 12 aromatic carbocycles. The molecule has 464 valence electrons. The largest absolute Gasteiger partial charge is 0.488 e. The summed E-state index contributed by atoms with van der Waals surface area (Å²) in [4.78, 5) is 41.4. The number of hydrogen-bond donors (Lipinski definition) is 2. The Labute approximate surface area is 568 Å². The summed E-state index contributed by atoms with van der Waals surface area (Å²) in [6, 6.07) is 99.8. The number of aromatic nitrogens is 8. The summed E-state index contributed by atoms with van der Waals surface area (Å²) in [5, 5.41) is 27.1. The van der Waals surface area contributed by atoms with Crippen molar-refractivity contribution in [3.63, 3.8) is 0 Å². The van der Waals surface area contributed by atoms with Crippen molar-refractivity contribution in [2.45, 2.75) is 0 Å². The Bertz CT molecular complexity index is 5410. The van der Waals surface area contributed by atoms with Gasteiger partial charge in [0.2, 0.25) is 11.8 Å². The summed E-state index contributed by atoms with van der Waals surface area (Å²) in [6.07, 6.45) is 0. The molecule has 0 aliphatic rings. The van der Waals surface area contributed by atoms with E-state index in [9.17, 15) is 0 Å². The first-order valence-corrected chi connectivity index (χ1v) is 31.5. The second kappa shape index (κ2) is 28.6. The molecule has 0 aliphatic heterocycles. The number of nitrogens with zero attached hydrogens (tertiary/aromatic N) is 10. The average Bonchev–Trinajstić information content (AvgIpc) is 1.78. The monoisotopic (exact) mass is 1290 g/mol. The molecule has 4 aromatic heterocycles. The van der Waals surface area contributed by atoms with Gasteiger partial charge >= 0.3 is 7.12 Å². The van der Waals surface area contributed by atoms with Crippen molar-refractivity contribution in [3.05, 3.63) is 325 Å². The van der Waals surface area contributed by atoms with Crippen LogP contribution in [0.15, 0.2) is 312 Å². The quantitative estimate of drug-likeness (QED) is 0.0866. The highest BCUT2D eigenvalue weighted by molar-refractivity contribution is 6.58. The summed E-state index contributed by atoms with van der Waals surface area (Å²) in [5.74, 6) is 4.92. The second-order valence-electron chi connectivity index (χ2n) is 22.5. The molecule has 0 saturated carbocycles. The number of oxazole rings is 2. The van der Waals surface area contributed by atoms with Gasteiger partial charge < -0.3 is 18.9 Å². The fourth-order valence-corrected chi connectivity index (χ4v) is 10.9. The molecule has 0 radical (unpaired) electrons. The molecule has 0 bridgehead atoms. The first-order chi connectivity index (χ1) is 48.1. The van der Waals surface area contributed by atoms with Gasteiger partial charge in [-0.1, -0.05) is 242 Å². The maximum Gasteiger partial charge on any atom is 0.488 e. The first kappa shape index (κ1) is 62.3. The topological polar surface area (TPSA) is 198 Å². The Morgan fingerprint density at radius 2 is 0.612 bits per heavy atom. The number of hydrogen-bond acceptors (Lipinski definition) is 13. The smallest absolute Gasteiger partial charge is 0.436 e. The third-order valence-electron chi connectivity index (χ3n) is 16.0. The van der Waals surface area contributed by atoms with Gasteiger partial charge in [0.1, 0.15) is 11.0 Å². The maximum absolute atomic E-state index is 9.07. The zero-order valence-electron chi connectivity index (χ0n) is 52.0. The van der Waals surface area contributed by atoms with Crippen molar-refractivity contribution in [1.82, 2.24) is 39.9 Å². The lowest BCUT2D eigenvalue weighted by atomic mass is 9.80. The number of rotatable bonds is 12. The molecule has 0 spiro atoms. The minimum Gasteiger partial charge on any atom is -0.436 e. The molecule has 4 heterocycles. The van der Waals surface area contributed by atoms with Crippen molar-refractivity contribution in [2.75, 3.05) is 0 Å². The van der Waals surface area contributed by atoms with Gasteiger partial charge in [-0.05, 0) is 112 Å². The molecule has 16 aromatic rings. The fraction of sp³-hybridized carbons (Fsp3) is 0. The zero-order valence-corrected chi connectivity index (χ0v) is 52.8. The summed E-state index contributed by atoms with van der Waals surface area (Å²) in [5.41, 5.74) is 18.2. The number of halogens is 1. The van der Waals surface area contributed by atoms with Crippen LogP contribution in [0.1, 0.15) is 5.56 Å². The molecule has 0 unspecified atom stereocenters. The molecular formula is C82H52BClN10O4. The third-order valence-corrected chi connectivity index (χ3v) is 16.3. The van der Waals surface area contributed by atoms with E-state index >= 15 is 0 Å². The molecule has 2 N–H and O–H groups in total. The van der Waals surface area contributed by atoms with E-state index in [0.717, 1.165) is 100 Å². The van der Waals surface area contributed by atoms with Crippen LogP contribution in [0, 0.1) is 17.9 Å². The van der Waals surface area contributed by atoms with Gasteiger partial charge in [0, 0.05) is 49.5 Å². The molecule has 0 fully saturated rings. The van der Waals surface area contributed by atoms with Gasteiger partial charge in [-0.3, -0.25) is 0 Å². The lowest BCUT2D eigenvalue weighted by Crippen LogP contribution is -2.29. The molecule has 98 heavy (non-hydrogen) atoms. The molecule has 0 atom stereocenters. The standard InChI is InChI=1S/C41H25N5O.C34H21ClN4O.C7H6BNO2/c42-26-27-11-13-28(14-12-27)29-17-21-34(22-18-29)41-43-36-24-23-35(25-37(36)47-41)30-15-19-33(20-16-30)40-45-38(31-7-3-1-4-8-31)44-39(46-40)32-9-5-2-6-10-32;35-28-18-15-26(16-19-28)34-36-29-20-17-27(21-30(29)40-34)22-11-13-25(14-12-22)33-38-31(23-7-3-1-4-8-23)37-32(39-33)24-9-5-2-6-10-24;1-9-7-4-2-6(3-5-7)8(10)11/h1-25H;1-21H;2-5,10-11H. The van der Waals surface area contributed by atoms with E-state index in [4.69, 9.17) is 77.2 Å². The Morgan fingerprint density at radius 3 is 0.939 bits per heavy atom. The SMILES string of the molecule is Clc1ccc(-c2nc3ccc(-c4ccc(-c5nc(-c6ccccc6)nc(-c6ccccc6)n5)cc4)cc3o2)cc1.N#Cc1ccc(-c2ccc(-c3nc4ccc(-c5ccc(-c6nc(-c7ccccc7)nc(-c7ccccc7)n6)cc5)cc4o3)cc2)cc1.[C-]#[N+]c1ccc(B(O)O)cc1. The van der Waals surface area contributed by atoms with Crippen LogP contribution in [0.4, 0.5) is 5.69 Å². The summed E-state index contributed by atoms with van der Waals surface area (Å²) >= 11 is 6.03. The van der Waals surface area contributed by atoms with Gasteiger partial charge in [0.05, 0.1) is 18.2 Å². The van der Waals surface area contributed by atoms with Crippen LogP contribution in [0.3, 0.4) is 0 Å². The highest BCUT2D eigenvalue weighted by atomic mass is 35.5. The predicted molar refractivity (Wildman–Crippen MR) is 387 cm³/mol. The van der Waals surface area contributed by atoms with Crippen molar-refractivity contribution in [1.29, 1.82) is 5.26 Å². The summed E-state index contributed by atoms with van der Waals surface area (Å²) < 4.78 is 12.3. The molecule has 14 nitrogen and oxygen atoms in total. The minimum absolute atomic E-state index is 0.400. The van der Waals surface area contributed by atoms with Crippen molar-refractivity contribution in [3.8, 4) is 131 Å². The van der Waals surface area contributed by atoms with Gasteiger partial charge in [-0.25, -0.2) is 44.7 Å². The van der Waals surface area contributed by atoms with Crippen LogP contribution in [0.5, 0.6) is 0 Å². The Kier molecular flexibility index (Phi) is 18.2. The third kappa shape index (κ3) is 14.3. The van der Waals surface area contributed by atoms with Crippen LogP contribution < -0.4 is 5.46 Å². The van der Waals surface area contributed by atoms with Crippen molar-refractivity contribution in [2.24, 2.45) is 0 Å². The van der Waals surface area contributed by atoms with Crippen molar-refractivity contribution >= 4 is 52.1 Å². The highest BCUT2D eigenvalue weighted by Crippen LogP contribution is 2.35. The molecule has 0 aliphatic carbocycles. The van der Waals surface area contributed by atoms with Gasteiger partial charge in [-0.15, -0.1) is 0 Å². The first-order valence-electron chi connectivity index (χ1n) is 31.1. The van der Waals surface area contributed by atoms with Crippen LogP contribution in [0.2, 0.25) is 5.02 Å². The maximum atomic E-state index is 9.07. The van der Waals surface area contributed by atoms with E-state index in [1.807, 2.05) is 243 Å². The molecule has 16 heteroatoms. The number of fused-ring (bicyclic) bond motifs is 2. The fourth-order valence-electron chi connectivity index (χ4n) is 10.8. The zero-order chi connectivity index (χ0) is 66.7. The Balaban J connectivity index is 0.000000146. The van der Waals surface area contributed by atoms with E-state index in [2.05, 4.69) is 52.3 Å². The Hall–Kier alpha value is -13.1. The van der Waals surface area contributed by atoms with Crippen LogP contribution in [-0.4, -0.2) is 57.0 Å². The van der Waals surface area contributed by atoms with E-state index in [1.54, 1.807) is 12.1 Å². The van der Waals surface area contributed by atoms with E-state index < -0.39 is 7.12 Å². The lowest BCUT2D eigenvalue weighted by molar-refractivity contribution is 0.426. The van der Waals surface area contributed by atoms with Crippen LogP contribution in [0.25, 0.3) is 152 Å². The number of benzene rings is 12. The molecule has 0 amide bonds. The average molecular weight is 1290 g/mol. The predicted octanol–water partition coefficient (Wildman–Crippen LogP) is 18.8. The van der Waals surface area contributed by atoms with Crippen LogP contribution >= 0.6 is 11.6 Å². The van der Waals surface area contributed by atoms with Gasteiger partial charge in [0.15, 0.2) is 51.8 Å². The number of nitriles is 1. The summed E-state index contributed by atoms with van der Waals surface area (Å²) in [7, 11) is -1.45. The van der Waals surface area contributed by atoms with E-state index in [-0.39, 0.29) is 0 Å². The molecule has 16 rings (SSSR count). The minimum atomic E-state index is -1.45. The molecule has 0 saturated heterocycles.